The fourth-order valence-electron chi connectivity index (χ4n) is 2.41. The Balaban J connectivity index is 1.94. The van der Waals surface area contributed by atoms with Crippen molar-refractivity contribution < 1.29 is 28.8 Å². The summed E-state index contributed by atoms with van der Waals surface area (Å²) in [6.45, 7) is 1.65. The number of hydrogen-bond acceptors (Lipinski definition) is 8. The fraction of sp³-hybridized carbons (Fsp3) is 0.263. The highest BCUT2D eigenvalue weighted by molar-refractivity contribution is 7.93. The van der Waals surface area contributed by atoms with Gasteiger partial charge in [-0.3, -0.25) is 10.2 Å². The lowest BCUT2D eigenvalue weighted by molar-refractivity contribution is -0.141. The minimum Gasteiger partial charge on any atom is -0.480 e. The Morgan fingerprint density at radius 1 is 1.23 bits per heavy atom. The molecule has 11 heteroatoms. The van der Waals surface area contributed by atoms with Crippen molar-refractivity contribution in [1.29, 1.82) is 5.41 Å². The maximum Gasteiger partial charge on any atom is 0.353 e. The molecule has 1 aromatic heterocycles. The van der Waals surface area contributed by atoms with Crippen LogP contribution in [0.5, 0.6) is 5.75 Å². The highest BCUT2D eigenvalue weighted by Crippen LogP contribution is 2.22. The van der Waals surface area contributed by atoms with Crippen molar-refractivity contribution in [3.05, 3.63) is 51.7 Å². The predicted molar refractivity (Wildman–Crippen MR) is 114 cm³/mol. The van der Waals surface area contributed by atoms with Crippen LogP contribution in [0.15, 0.2) is 36.4 Å². The molecule has 1 unspecified atom stereocenters. The van der Waals surface area contributed by atoms with Gasteiger partial charge in [-0.15, -0.1) is 11.3 Å². The van der Waals surface area contributed by atoms with Crippen molar-refractivity contribution in [2.24, 2.45) is 11.7 Å². The van der Waals surface area contributed by atoms with Crippen LogP contribution in [0, 0.1) is 11.3 Å². The number of nitrogen functional groups attached to an aromatic ring is 1. The van der Waals surface area contributed by atoms with E-state index in [-0.39, 0.29) is 11.6 Å². The number of carboxylic acid groups (broad SMARTS) is 1. The van der Waals surface area contributed by atoms with E-state index in [0.717, 1.165) is 4.88 Å². The van der Waals surface area contributed by atoms with Gasteiger partial charge in [-0.1, -0.05) is 6.92 Å². The van der Waals surface area contributed by atoms with Gasteiger partial charge in [-0.05, 0) is 54.9 Å². The number of carbonyl (C=O) groups is 3. The molecule has 2 aromatic rings. The summed E-state index contributed by atoms with van der Waals surface area (Å²) >= 11 is 1.52. The van der Waals surface area contributed by atoms with E-state index in [0.29, 0.717) is 34.7 Å². The second-order valence-corrected chi connectivity index (χ2v) is 8.15. The number of thiophene rings is 1. The molecule has 2 rings (SSSR count). The molecule has 1 amide bonds. The molecule has 0 bridgehead atoms. The van der Waals surface area contributed by atoms with Crippen LogP contribution in [0.2, 0.25) is 0 Å². The van der Waals surface area contributed by atoms with E-state index in [2.05, 4.69) is 5.32 Å². The molecule has 6 N–H and O–H groups in total. The molecule has 1 aromatic carbocycles. The lowest BCUT2D eigenvalue weighted by Gasteiger charge is -2.16. The smallest absolute Gasteiger partial charge is 0.353 e. The number of carboxylic acids is 1. The first-order valence-corrected chi connectivity index (χ1v) is 10.5. The summed E-state index contributed by atoms with van der Waals surface area (Å²) in [6.07, 6.45) is 0.315. The van der Waals surface area contributed by atoms with E-state index < -0.39 is 29.8 Å². The maximum absolute atomic E-state index is 12.3. The molecule has 0 aliphatic heterocycles. The summed E-state index contributed by atoms with van der Waals surface area (Å²) in [5.41, 5.74) is 5.90. The number of benzene rings is 1. The molecular weight excluding hydrogens is 430 g/mol. The van der Waals surface area contributed by atoms with Crippen LogP contribution < -0.4 is 15.8 Å². The van der Waals surface area contributed by atoms with Gasteiger partial charge in [-0.25, -0.2) is 9.59 Å². The normalized spacial score (nSPS) is 12.6. The van der Waals surface area contributed by atoms with E-state index in [9.17, 15) is 14.4 Å². The average molecular weight is 452 g/mol. The van der Waals surface area contributed by atoms with Crippen LogP contribution in [0.3, 0.4) is 0 Å². The van der Waals surface area contributed by atoms with Gasteiger partial charge in [0.15, 0.2) is 0 Å². The fourth-order valence-corrected chi connectivity index (χ4v) is 3.80. The number of nitrogens with two attached hydrogens (primary N) is 1. The van der Waals surface area contributed by atoms with Crippen molar-refractivity contribution in [3.8, 4) is 5.75 Å². The van der Waals surface area contributed by atoms with E-state index in [1.807, 2.05) is 0 Å². The SMILES string of the molecule is CC(Cc1ccc(C(=O)Oc2ccc(C(=N)N)cc2)s1)C(=O)N[C@@H](CSO)C(=O)O. The summed E-state index contributed by atoms with van der Waals surface area (Å²) < 4.78 is 14.1. The number of carbonyl (C=O) groups excluding carboxylic acids is 2. The maximum atomic E-state index is 12.3. The Labute approximate surface area is 181 Å². The number of nitrogens with one attached hydrogen (secondary N) is 2. The minimum absolute atomic E-state index is 0.0845. The van der Waals surface area contributed by atoms with Crippen molar-refractivity contribution >= 4 is 47.1 Å². The molecule has 160 valence electrons. The third-order valence-corrected chi connectivity index (χ3v) is 5.62. The van der Waals surface area contributed by atoms with Gasteiger partial charge >= 0.3 is 11.9 Å². The molecule has 0 fully saturated rings. The summed E-state index contributed by atoms with van der Waals surface area (Å²) in [5.74, 6) is -2.69. The van der Waals surface area contributed by atoms with Gasteiger partial charge in [-0.2, -0.15) is 0 Å². The van der Waals surface area contributed by atoms with Gasteiger partial charge in [0.1, 0.15) is 22.5 Å². The highest BCUT2D eigenvalue weighted by atomic mass is 32.2. The Kier molecular flexibility index (Phi) is 8.39. The van der Waals surface area contributed by atoms with Crippen molar-refractivity contribution in [3.63, 3.8) is 0 Å². The van der Waals surface area contributed by atoms with Crippen LogP contribution in [0.25, 0.3) is 0 Å². The molecule has 0 aliphatic rings. The standard InChI is InChI=1S/C19H21N3O6S2/c1-10(17(23)22-14(9-29-27)18(24)25)8-13-6-7-15(30-13)19(26)28-12-4-2-11(3-5-12)16(20)21/h2-7,10,14,27H,8-9H2,1H3,(H3,20,21)(H,22,23)(H,24,25)/t10?,14-/m0/s1. The summed E-state index contributed by atoms with van der Waals surface area (Å²) in [4.78, 5) is 36.7. The van der Waals surface area contributed by atoms with Gasteiger partial charge in [0.05, 0.1) is 5.75 Å². The van der Waals surface area contributed by atoms with Gasteiger partial charge in [0.25, 0.3) is 0 Å². The van der Waals surface area contributed by atoms with Crippen LogP contribution in [0.4, 0.5) is 0 Å². The lowest BCUT2D eigenvalue weighted by Crippen LogP contribution is -2.45. The van der Waals surface area contributed by atoms with E-state index in [4.69, 9.17) is 25.5 Å². The first-order valence-electron chi connectivity index (χ1n) is 8.76. The van der Waals surface area contributed by atoms with E-state index >= 15 is 0 Å². The molecule has 9 nitrogen and oxygen atoms in total. The number of amidine groups is 1. The number of aliphatic carboxylic acids is 1. The molecule has 30 heavy (non-hydrogen) atoms. The predicted octanol–water partition coefficient (Wildman–Crippen LogP) is 2.21. The van der Waals surface area contributed by atoms with E-state index in [1.165, 1.54) is 11.3 Å². The first kappa shape index (κ1) is 23.4. The number of hydrogen-bond donors (Lipinski definition) is 5. The van der Waals surface area contributed by atoms with Crippen molar-refractivity contribution in [2.45, 2.75) is 19.4 Å². The van der Waals surface area contributed by atoms with Crippen LogP contribution in [-0.2, 0) is 16.0 Å². The highest BCUT2D eigenvalue weighted by Gasteiger charge is 2.24. The van der Waals surface area contributed by atoms with Crippen molar-refractivity contribution in [1.82, 2.24) is 5.32 Å². The number of amides is 1. The van der Waals surface area contributed by atoms with Crippen LogP contribution in [0.1, 0.15) is 27.0 Å². The molecule has 0 spiro atoms. The van der Waals surface area contributed by atoms with Gasteiger partial charge < -0.3 is 25.4 Å². The molecule has 0 radical (unpaired) electrons. The number of ether oxygens (including phenoxy) is 1. The minimum atomic E-state index is -1.23. The molecule has 0 saturated carbocycles. The summed E-state index contributed by atoms with van der Waals surface area (Å²) in [7, 11) is 0. The van der Waals surface area contributed by atoms with Crippen LogP contribution >= 0.6 is 23.4 Å². The Bertz CT molecular complexity index is 929. The third-order valence-electron chi connectivity index (χ3n) is 4.05. The number of rotatable bonds is 10. The molecule has 1 heterocycles. The Morgan fingerprint density at radius 3 is 2.47 bits per heavy atom. The zero-order valence-corrected chi connectivity index (χ0v) is 17.6. The zero-order valence-electron chi connectivity index (χ0n) is 16.0. The average Bonchev–Trinajstić information content (AvgIpc) is 3.16. The third kappa shape index (κ3) is 6.58. The molecular formula is C19H21N3O6S2. The van der Waals surface area contributed by atoms with Gasteiger partial charge in [0, 0.05) is 16.4 Å². The topological polar surface area (TPSA) is 163 Å². The largest absolute Gasteiger partial charge is 0.480 e. The second-order valence-electron chi connectivity index (χ2n) is 6.39. The molecule has 2 atom stereocenters. The Morgan fingerprint density at radius 2 is 1.90 bits per heavy atom. The monoisotopic (exact) mass is 451 g/mol. The molecule has 0 saturated heterocycles. The summed E-state index contributed by atoms with van der Waals surface area (Å²) in [6, 6.07) is 8.35. The first-order chi connectivity index (χ1) is 14.2. The Hall–Kier alpha value is -2.89. The molecule has 0 aliphatic carbocycles. The number of esters is 1. The lowest BCUT2D eigenvalue weighted by atomic mass is 10.1. The van der Waals surface area contributed by atoms with Crippen LogP contribution in [-0.4, -0.2) is 45.1 Å². The second kappa shape index (κ2) is 10.8. The van der Waals surface area contributed by atoms with Crippen molar-refractivity contribution in [2.75, 3.05) is 5.75 Å². The van der Waals surface area contributed by atoms with Gasteiger partial charge in [0.2, 0.25) is 5.91 Å². The quantitative estimate of drug-likeness (QED) is 0.121. The zero-order chi connectivity index (χ0) is 22.3. The van der Waals surface area contributed by atoms with E-state index in [1.54, 1.807) is 43.3 Å². The summed E-state index contributed by atoms with van der Waals surface area (Å²) in [5, 5.41) is 18.8.